The van der Waals surface area contributed by atoms with Crippen molar-refractivity contribution >= 4 is 0 Å². The second kappa shape index (κ2) is 4.14. The van der Waals surface area contributed by atoms with E-state index in [1.807, 2.05) is 0 Å². The van der Waals surface area contributed by atoms with E-state index >= 15 is 0 Å². The molecule has 1 heteroatoms. The molecule has 0 saturated carbocycles. The van der Waals surface area contributed by atoms with Crippen LogP contribution < -0.4 is 5.32 Å². The zero-order valence-electron chi connectivity index (χ0n) is 9.09. The van der Waals surface area contributed by atoms with Gasteiger partial charge in [-0.25, -0.2) is 0 Å². The van der Waals surface area contributed by atoms with Gasteiger partial charge in [0.1, 0.15) is 0 Å². The van der Waals surface area contributed by atoms with E-state index in [0.29, 0.717) is 6.04 Å². The van der Waals surface area contributed by atoms with Gasteiger partial charge in [-0.15, -0.1) is 0 Å². The number of piperidine rings is 1. The van der Waals surface area contributed by atoms with Crippen molar-refractivity contribution in [2.45, 2.75) is 32.7 Å². The normalized spacial score (nSPS) is 27.6. The lowest BCUT2D eigenvalue weighted by molar-refractivity contribution is 0.305. The third-order valence-corrected chi connectivity index (χ3v) is 3.29. The molecular formula is C13H19N. The van der Waals surface area contributed by atoms with Crippen LogP contribution in [-0.4, -0.2) is 6.54 Å². The first kappa shape index (κ1) is 9.72. The predicted octanol–water partition coefficient (Wildman–Crippen LogP) is 3.06. The highest BCUT2D eigenvalue weighted by Gasteiger charge is 2.22. The van der Waals surface area contributed by atoms with E-state index in [4.69, 9.17) is 0 Å². The van der Waals surface area contributed by atoms with Gasteiger partial charge >= 0.3 is 0 Å². The van der Waals surface area contributed by atoms with Crippen molar-refractivity contribution in [1.82, 2.24) is 5.32 Å². The summed E-state index contributed by atoms with van der Waals surface area (Å²) in [5.74, 6) is 0.768. The molecule has 0 bridgehead atoms. The zero-order valence-corrected chi connectivity index (χ0v) is 9.09. The Hall–Kier alpha value is -0.820. The van der Waals surface area contributed by atoms with Gasteiger partial charge in [0.15, 0.2) is 0 Å². The first-order chi connectivity index (χ1) is 6.79. The third kappa shape index (κ3) is 1.83. The molecule has 1 nitrogen and oxygen atoms in total. The minimum absolute atomic E-state index is 0.574. The second-order valence-electron chi connectivity index (χ2n) is 4.41. The number of aryl methyl sites for hydroxylation is 1. The number of nitrogens with one attached hydrogen (secondary N) is 1. The third-order valence-electron chi connectivity index (χ3n) is 3.29. The van der Waals surface area contributed by atoms with E-state index in [-0.39, 0.29) is 0 Å². The summed E-state index contributed by atoms with van der Waals surface area (Å²) in [6, 6.07) is 9.30. The van der Waals surface area contributed by atoms with E-state index in [1.54, 1.807) is 0 Å². The Morgan fingerprint density at radius 1 is 1.29 bits per heavy atom. The van der Waals surface area contributed by atoms with Crippen LogP contribution in [0.25, 0.3) is 0 Å². The van der Waals surface area contributed by atoms with Crippen LogP contribution in [0.5, 0.6) is 0 Å². The first-order valence-corrected chi connectivity index (χ1v) is 5.58. The standard InChI is InChI=1S/C13H19N/c1-10-6-3-4-8-12(10)13-11(2)7-5-9-14-13/h3-4,6,8,11,13-14H,5,7,9H2,1-2H3. The molecule has 1 aromatic carbocycles. The monoisotopic (exact) mass is 189 g/mol. The molecule has 0 amide bonds. The molecule has 0 radical (unpaired) electrons. The summed E-state index contributed by atoms with van der Waals surface area (Å²) >= 11 is 0. The maximum Gasteiger partial charge on any atom is 0.0348 e. The summed E-state index contributed by atoms with van der Waals surface area (Å²) in [5, 5.41) is 3.63. The topological polar surface area (TPSA) is 12.0 Å². The van der Waals surface area contributed by atoms with E-state index in [1.165, 1.54) is 30.5 Å². The quantitative estimate of drug-likeness (QED) is 0.716. The molecule has 2 rings (SSSR count). The molecule has 76 valence electrons. The second-order valence-corrected chi connectivity index (χ2v) is 4.41. The lowest BCUT2D eigenvalue weighted by Crippen LogP contribution is -2.33. The minimum atomic E-state index is 0.574. The van der Waals surface area contributed by atoms with E-state index < -0.39 is 0 Å². The number of rotatable bonds is 1. The van der Waals surface area contributed by atoms with Gasteiger partial charge in [-0.3, -0.25) is 0 Å². The molecule has 1 heterocycles. The highest BCUT2D eigenvalue weighted by Crippen LogP contribution is 2.30. The van der Waals surface area contributed by atoms with Gasteiger partial charge in [-0.2, -0.15) is 0 Å². The molecule has 2 atom stereocenters. The maximum absolute atomic E-state index is 3.63. The average molecular weight is 189 g/mol. The number of hydrogen-bond donors (Lipinski definition) is 1. The van der Waals surface area contributed by atoms with E-state index in [2.05, 4.69) is 43.4 Å². The highest BCUT2D eigenvalue weighted by atomic mass is 14.9. The van der Waals surface area contributed by atoms with E-state index in [9.17, 15) is 0 Å². The zero-order chi connectivity index (χ0) is 9.97. The molecule has 1 aromatic rings. The van der Waals surface area contributed by atoms with Crippen LogP contribution in [0.15, 0.2) is 24.3 Å². The van der Waals surface area contributed by atoms with Gasteiger partial charge in [0.2, 0.25) is 0 Å². The Bertz CT molecular complexity index is 306. The number of hydrogen-bond acceptors (Lipinski definition) is 1. The van der Waals surface area contributed by atoms with Crippen LogP contribution in [0.1, 0.15) is 36.9 Å². The molecular weight excluding hydrogens is 170 g/mol. The predicted molar refractivity (Wildman–Crippen MR) is 60.3 cm³/mol. The molecule has 2 unspecified atom stereocenters. The average Bonchev–Trinajstić information content (AvgIpc) is 2.20. The lowest BCUT2D eigenvalue weighted by atomic mass is 9.86. The summed E-state index contributed by atoms with van der Waals surface area (Å²) in [5.41, 5.74) is 2.90. The molecule has 1 N–H and O–H groups in total. The van der Waals surface area contributed by atoms with Gasteiger partial charge in [0.05, 0.1) is 0 Å². The molecule has 1 fully saturated rings. The van der Waals surface area contributed by atoms with Crippen LogP contribution in [0.2, 0.25) is 0 Å². The fourth-order valence-corrected chi connectivity index (χ4v) is 2.40. The van der Waals surface area contributed by atoms with Gasteiger partial charge in [-0.05, 0) is 43.4 Å². The Morgan fingerprint density at radius 2 is 2.07 bits per heavy atom. The summed E-state index contributed by atoms with van der Waals surface area (Å²) in [6.07, 6.45) is 2.68. The molecule has 0 aliphatic carbocycles. The van der Waals surface area contributed by atoms with Crippen LogP contribution >= 0.6 is 0 Å². The van der Waals surface area contributed by atoms with Crippen molar-refractivity contribution in [3.63, 3.8) is 0 Å². The van der Waals surface area contributed by atoms with Gasteiger partial charge in [0, 0.05) is 6.04 Å². The summed E-state index contributed by atoms with van der Waals surface area (Å²) < 4.78 is 0. The van der Waals surface area contributed by atoms with Crippen LogP contribution in [0.4, 0.5) is 0 Å². The van der Waals surface area contributed by atoms with Crippen molar-refractivity contribution in [3.05, 3.63) is 35.4 Å². The first-order valence-electron chi connectivity index (χ1n) is 5.58. The Balaban J connectivity index is 2.25. The maximum atomic E-state index is 3.63. The number of benzene rings is 1. The van der Waals surface area contributed by atoms with Crippen molar-refractivity contribution in [2.24, 2.45) is 5.92 Å². The Morgan fingerprint density at radius 3 is 2.79 bits per heavy atom. The lowest BCUT2D eigenvalue weighted by Gasteiger charge is -2.31. The summed E-state index contributed by atoms with van der Waals surface area (Å²) in [7, 11) is 0. The smallest absolute Gasteiger partial charge is 0.0348 e. The Labute approximate surface area is 86.5 Å². The van der Waals surface area contributed by atoms with Crippen molar-refractivity contribution < 1.29 is 0 Å². The summed E-state index contributed by atoms with van der Waals surface area (Å²) in [6.45, 7) is 5.73. The molecule has 14 heavy (non-hydrogen) atoms. The van der Waals surface area contributed by atoms with Gasteiger partial charge in [0.25, 0.3) is 0 Å². The van der Waals surface area contributed by atoms with Crippen LogP contribution in [0.3, 0.4) is 0 Å². The van der Waals surface area contributed by atoms with E-state index in [0.717, 1.165) is 5.92 Å². The van der Waals surface area contributed by atoms with Crippen molar-refractivity contribution in [3.8, 4) is 0 Å². The largest absolute Gasteiger partial charge is 0.310 e. The van der Waals surface area contributed by atoms with Crippen molar-refractivity contribution in [1.29, 1.82) is 0 Å². The fourth-order valence-electron chi connectivity index (χ4n) is 2.40. The molecule has 0 spiro atoms. The Kier molecular flexibility index (Phi) is 2.87. The highest BCUT2D eigenvalue weighted by molar-refractivity contribution is 5.29. The molecule has 1 aliphatic heterocycles. The van der Waals surface area contributed by atoms with Gasteiger partial charge < -0.3 is 5.32 Å². The molecule has 0 aromatic heterocycles. The minimum Gasteiger partial charge on any atom is -0.310 e. The SMILES string of the molecule is Cc1ccccc1C1NCCCC1C. The molecule has 1 aliphatic rings. The van der Waals surface area contributed by atoms with Crippen LogP contribution in [-0.2, 0) is 0 Å². The molecule has 1 saturated heterocycles. The van der Waals surface area contributed by atoms with Crippen LogP contribution in [0, 0.1) is 12.8 Å². The van der Waals surface area contributed by atoms with Gasteiger partial charge in [-0.1, -0.05) is 31.2 Å². The summed E-state index contributed by atoms with van der Waals surface area (Å²) in [4.78, 5) is 0. The fraction of sp³-hybridized carbons (Fsp3) is 0.538. The van der Waals surface area contributed by atoms with Crippen molar-refractivity contribution in [2.75, 3.05) is 6.54 Å².